The third kappa shape index (κ3) is 3.70. The first-order chi connectivity index (χ1) is 11.7. The van der Waals surface area contributed by atoms with Crippen LogP contribution in [0.3, 0.4) is 0 Å². The van der Waals surface area contributed by atoms with E-state index in [1.165, 1.54) is 43.2 Å². The van der Waals surface area contributed by atoms with Crippen LogP contribution in [0.25, 0.3) is 11.1 Å². The molecule has 0 radical (unpaired) electrons. The molecule has 1 aliphatic carbocycles. The summed E-state index contributed by atoms with van der Waals surface area (Å²) < 4.78 is 19.4. The minimum atomic E-state index is -0.182. The van der Waals surface area contributed by atoms with Crippen molar-refractivity contribution < 1.29 is 9.13 Å². The van der Waals surface area contributed by atoms with Crippen LogP contribution in [0.1, 0.15) is 56.1 Å². The lowest BCUT2D eigenvalue weighted by Gasteiger charge is -2.29. The second-order valence-electron chi connectivity index (χ2n) is 6.95. The largest absolute Gasteiger partial charge is 0.380 e. The molecular formula is C22H27FO. The molecule has 0 bridgehead atoms. The zero-order valence-corrected chi connectivity index (χ0v) is 14.7. The van der Waals surface area contributed by atoms with Crippen LogP contribution in [0.5, 0.6) is 0 Å². The van der Waals surface area contributed by atoms with Crippen LogP contribution in [-0.2, 0) is 11.3 Å². The van der Waals surface area contributed by atoms with Crippen LogP contribution in [0.2, 0.25) is 0 Å². The van der Waals surface area contributed by atoms with Gasteiger partial charge in [0.1, 0.15) is 5.82 Å². The van der Waals surface area contributed by atoms with E-state index in [9.17, 15) is 4.39 Å². The first-order valence-electron chi connectivity index (χ1n) is 9.09. The summed E-state index contributed by atoms with van der Waals surface area (Å²) in [4.78, 5) is 0. The highest BCUT2D eigenvalue weighted by Crippen LogP contribution is 2.40. The molecule has 0 saturated heterocycles. The Morgan fingerprint density at radius 3 is 2.46 bits per heavy atom. The Morgan fingerprint density at radius 1 is 1.04 bits per heavy atom. The predicted molar refractivity (Wildman–Crippen MR) is 97.5 cm³/mol. The summed E-state index contributed by atoms with van der Waals surface area (Å²) in [7, 11) is 1.59. The van der Waals surface area contributed by atoms with E-state index in [1.807, 2.05) is 12.1 Å². The van der Waals surface area contributed by atoms with Gasteiger partial charge in [-0.1, -0.05) is 49.7 Å². The molecule has 0 aromatic heterocycles. The summed E-state index contributed by atoms with van der Waals surface area (Å²) >= 11 is 0. The van der Waals surface area contributed by atoms with Gasteiger partial charge in [0.2, 0.25) is 0 Å². The Bertz CT molecular complexity index is 671. The maximum atomic E-state index is 14.3. The molecule has 1 nitrogen and oxygen atoms in total. The smallest absolute Gasteiger partial charge is 0.129 e. The minimum absolute atomic E-state index is 0.182. The van der Waals surface area contributed by atoms with Gasteiger partial charge in [0.05, 0.1) is 6.61 Å². The molecule has 0 unspecified atom stereocenters. The zero-order valence-electron chi connectivity index (χ0n) is 14.7. The summed E-state index contributed by atoms with van der Waals surface area (Å²) in [5.41, 5.74) is 4.15. The molecule has 1 aliphatic rings. The first-order valence-corrected chi connectivity index (χ1v) is 9.09. The minimum Gasteiger partial charge on any atom is -0.380 e. The van der Waals surface area contributed by atoms with Crippen molar-refractivity contribution in [2.75, 3.05) is 7.11 Å². The highest BCUT2D eigenvalue weighted by molar-refractivity contribution is 5.68. The maximum Gasteiger partial charge on any atom is 0.129 e. The van der Waals surface area contributed by atoms with Crippen molar-refractivity contribution in [1.82, 2.24) is 0 Å². The van der Waals surface area contributed by atoms with E-state index < -0.39 is 0 Å². The monoisotopic (exact) mass is 326 g/mol. The van der Waals surface area contributed by atoms with Crippen LogP contribution in [0.4, 0.5) is 4.39 Å². The molecule has 0 atom stereocenters. The number of ether oxygens (including phenoxy) is 1. The van der Waals surface area contributed by atoms with Gasteiger partial charge in [-0.25, -0.2) is 4.39 Å². The van der Waals surface area contributed by atoms with Crippen molar-refractivity contribution >= 4 is 0 Å². The zero-order chi connectivity index (χ0) is 16.9. The van der Waals surface area contributed by atoms with E-state index in [0.29, 0.717) is 18.1 Å². The van der Waals surface area contributed by atoms with E-state index >= 15 is 0 Å². The molecule has 0 spiro atoms. The predicted octanol–water partition coefficient (Wildman–Crippen LogP) is 6.32. The van der Waals surface area contributed by atoms with Gasteiger partial charge in [0.15, 0.2) is 0 Å². The molecule has 0 heterocycles. The van der Waals surface area contributed by atoms with Crippen molar-refractivity contribution in [3.05, 3.63) is 59.4 Å². The van der Waals surface area contributed by atoms with Crippen LogP contribution < -0.4 is 0 Å². The number of hydrogen-bond acceptors (Lipinski definition) is 1. The fourth-order valence-corrected chi connectivity index (χ4v) is 3.99. The molecule has 2 aromatic carbocycles. The number of methoxy groups -OCH3 is 1. The Morgan fingerprint density at radius 2 is 1.79 bits per heavy atom. The lowest BCUT2D eigenvalue weighted by atomic mass is 9.76. The summed E-state index contributed by atoms with van der Waals surface area (Å²) in [5, 5.41) is 0. The fraction of sp³-hybridized carbons (Fsp3) is 0.455. The third-order valence-corrected chi connectivity index (χ3v) is 5.49. The number of halogens is 1. The standard InChI is InChI=1S/C22H27FO/c1-3-16-8-10-17(11-9-16)20-6-4-5-7-21(20)18-12-13-19(15-24-2)22(23)14-18/h4-7,12-14,16-17H,3,8-11,15H2,1-2H3. The topological polar surface area (TPSA) is 9.23 Å². The van der Waals surface area contributed by atoms with Crippen molar-refractivity contribution in [3.63, 3.8) is 0 Å². The highest BCUT2D eigenvalue weighted by atomic mass is 19.1. The van der Waals surface area contributed by atoms with E-state index in [-0.39, 0.29) is 5.82 Å². The Hall–Kier alpha value is -1.67. The number of hydrogen-bond donors (Lipinski definition) is 0. The lowest BCUT2D eigenvalue weighted by molar-refractivity contribution is 0.181. The number of benzene rings is 2. The second kappa shape index (κ2) is 7.94. The first kappa shape index (κ1) is 17.2. The molecule has 3 rings (SSSR count). The SMILES string of the molecule is CCC1CCC(c2ccccc2-c2ccc(COC)c(F)c2)CC1. The third-order valence-electron chi connectivity index (χ3n) is 5.49. The molecule has 2 aromatic rings. The van der Waals surface area contributed by atoms with Gasteiger partial charge in [-0.15, -0.1) is 0 Å². The quantitative estimate of drug-likeness (QED) is 0.624. The van der Waals surface area contributed by atoms with Crippen LogP contribution >= 0.6 is 0 Å². The average Bonchev–Trinajstić information content (AvgIpc) is 2.64. The lowest BCUT2D eigenvalue weighted by Crippen LogP contribution is -2.13. The van der Waals surface area contributed by atoms with Crippen molar-refractivity contribution in [2.24, 2.45) is 5.92 Å². The van der Waals surface area contributed by atoms with Gasteiger partial charge >= 0.3 is 0 Å². The van der Waals surface area contributed by atoms with Gasteiger partial charge in [-0.05, 0) is 60.3 Å². The van der Waals surface area contributed by atoms with Gasteiger partial charge in [-0.3, -0.25) is 0 Å². The summed E-state index contributed by atoms with van der Waals surface area (Å²) in [5.74, 6) is 1.31. The molecular weight excluding hydrogens is 299 g/mol. The van der Waals surface area contributed by atoms with Gasteiger partial charge in [0.25, 0.3) is 0 Å². The Kier molecular flexibility index (Phi) is 5.68. The summed E-state index contributed by atoms with van der Waals surface area (Å²) in [6, 6.07) is 14.1. The molecule has 1 fully saturated rings. The second-order valence-corrected chi connectivity index (χ2v) is 6.95. The molecule has 128 valence electrons. The molecule has 2 heteroatoms. The van der Waals surface area contributed by atoms with Crippen LogP contribution in [0, 0.1) is 11.7 Å². The van der Waals surface area contributed by atoms with Crippen LogP contribution in [-0.4, -0.2) is 7.11 Å². The average molecular weight is 326 g/mol. The highest BCUT2D eigenvalue weighted by Gasteiger charge is 2.23. The summed E-state index contributed by atoms with van der Waals surface area (Å²) in [6.07, 6.45) is 6.42. The van der Waals surface area contributed by atoms with Crippen LogP contribution in [0.15, 0.2) is 42.5 Å². The normalized spacial score (nSPS) is 21.0. The van der Waals surface area contributed by atoms with E-state index in [1.54, 1.807) is 13.2 Å². The van der Waals surface area contributed by atoms with Gasteiger partial charge in [-0.2, -0.15) is 0 Å². The van der Waals surface area contributed by atoms with Crippen molar-refractivity contribution in [1.29, 1.82) is 0 Å². The molecule has 0 N–H and O–H groups in total. The van der Waals surface area contributed by atoms with Crippen molar-refractivity contribution in [3.8, 4) is 11.1 Å². The molecule has 24 heavy (non-hydrogen) atoms. The van der Waals surface area contributed by atoms with E-state index in [0.717, 1.165) is 11.5 Å². The Labute approximate surface area is 144 Å². The Balaban J connectivity index is 1.88. The van der Waals surface area contributed by atoms with E-state index in [2.05, 4.69) is 31.2 Å². The van der Waals surface area contributed by atoms with Gasteiger partial charge < -0.3 is 4.74 Å². The fourth-order valence-electron chi connectivity index (χ4n) is 3.99. The number of rotatable bonds is 5. The van der Waals surface area contributed by atoms with Crippen molar-refractivity contribution in [2.45, 2.75) is 51.6 Å². The molecule has 1 saturated carbocycles. The van der Waals surface area contributed by atoms with Gasteiger partial charge in [0, 0.05) is 12.7 Å². The summed E-state index contributed by atoms with van der Waals surface area (Å²) in [6.45, 7) is 2.61. The van der Waals surface area contributed by atoms with E-state index in [4.69, 9.17) is 4.74 Å². The molecule has 0 aliphatic heterocycles. The maximum absolute atomic E-state index is 14.3. The molecule has 0 amide bonds.